The Hall–Kier alpha value is -1.67. The molecule has 0 unspecified atom stereocenters. The van der Waals surface area contributed by atoms with Crippen molar-refractivity contribution in [3.8, 4) is 0 Å². The molecule has 0 atom stereocenters. The third-order valence-electron chi connectivity index (χ3n) is 2.98. The molecule has 106 valence electrons. The molecule has 2 heterocycles. The summed E-state index contributed by atoms with van der Waals surface area (Å²) in [6.45, 7) is 3.19. The van der Waals surface area contributed by atoms with Gasteiger partial charge in [-0.25, -0.2) is 5.84 Å². The zero-order valence-electron chi connectivity index (χ0n) is 11.2. The highest BCUT2D eigenvalue weighted by Crippen LogP contribution is 2.17. The highest BCUT2D eigenvalue weighted by Gasteiger charge is 2.15. The molecule has 0 aliphatic carbocycles. The van der Waals surface area contributed by atoms with Crippen LogP contribution in [0, 0.1) is 0 Å². The number of nitrogen functional groups attached to an aromatic ring is 1. The van der Waals surface area contributed by atoms with E-state index >= 15 is 0 Å². The van der Waals surface area contributed by atoms with E-state index in [2.05, 4.69) is 30.6 Å². The Labute approximate surface area is 112 Å². The third-order valence-corrected chi connectivity index (χ3v) is 2.98. The van der Waals surface area contributed by atoms with Gasteiger partial charge in [-0.2, -0.15) is 15.0 Å². The van der Waals surface area contributed by atoms with Crippen LogP contribution < -0.4 is 21.5 Å². The molecule has 1 aromatic heterocycles. The fourth-order valence-corrected chi connectivity index (χ4v) is 2.01. The van der Waals surface area contributed by atoms with E-state index in [4.69, 9.17) is 10.6 Å². The zero-order valence-corrected chi connectivity index (χ0v) is 11.2. The van der Waals surface area contributed by atoms with Gasteiger partial charge in [0, 0.05) is 26.7 Å². The smallest absolute Gasteiger partial charge is 0.243 e. The first-order valence-electron chi connectivity index (χ1n) is 6.54. The van der Waals surface area contributed by atoms with Gasteiger partial charge in [0.15, 0.2) is 0 Å². The lowest BCUT2D eigenvalue weighted by molar-refractivity contribution is 0.210. The minimum atomic E-state index is 0.371. The van der Waals surface area contributed by atoms with Crippen molar-refractivity contribution in [3.63, 3.8) is 0 Å². The summed E-state index contributed by atoms with van der Waals surface area (Å²) in [5.74, 6) is 6.95. The number of hydrazine groups is 1. The normalized spacial score (nSPS) is 15.4. The lowest BCUT2D eigenvalue weighted by atomic mass is 10.1. The molecule has 8 heteroatoms. The summed E-state index contributed by atoms with van der Waals surface area (Å²) >= 11 is 0. The van der Waals surface area contributed by atoms with Crippen molar-refractivity contribution in [2.75, 3.05) is 49.0 Å². The lowest BCUT2D eigenvalue weighted by Gasteiger charge is -2.26. The number of nitrogens with two attached hydrogens (primary N) is 1. The van der Waals surface area contributed by atoms with Gasteiger partial charge in [-0.1, -0.05) is 0 Å². The number of methoxy groups -OCH3 is 1. The Morgan fingerprint density at radius 3 is 2.58 bits per heavy atom. The van der Waals surface area contributed by atoms with E-state index < -0.39 is 0 Å². The van der Waals surface area contributed by atoms with Crippen molar-refractivity contribution in [2.24, 2.45) is 5.84 Å². The van der Waals surface area contributed by atoms with Crippen LogP contribution in [0.3, 0.4) is 0 Å². The van der Waals surface area contributed by atoms with Gasteiger partial charge in [-0.3, -0.25) is 5.43 Å². The van der Waals surface area contributed by atoms with Crippen LogP contribution in [-0.4, -0.2) is 48.3 Å². The van der Waals surface area contributed by atoms with Gasteiger partial charge in [0.05, 0.1) is 6.61 Å². The molecule has 0 spiro atoms. The van der Waals surface area contributed by atoms with Gasteiger partial charge in [0.25, 0.3) is 0 Å². The van der Waals surface area contributed by atoms with Crippen LogP contribution in [0.2, 0.25) is 0 Å². The van der Waals surface area contributed by atoms with Crippen LogP contribution in [-0.2, 0) is 4.74 Å². The molecule has 0 radical (unpaired) electrons. The highest BCUT2D eigenvalue weighted by atomic mass is 16.5. The third kappa shape index (κ3) is 3.90. The summed E-state index contributed by atoms with van der Waals surface area (Å²) in [6.07, 6.45) is 3.61. The Balaban J connectivity index is 2.10. The molecule has 1 aliphatic rings. The quantitative estimate of drug-likeness (QED) is 0.382. The first-order valence-corrected chi connectivity index (χ1v) is 6.54. The molecule has 1 aliphatic heterocycles. The van der Waals surface area contributed by atoms with Gasteiger partial charge < -0.3 is 15.0 Å². The number of hydrogen-bond acceptors (Lipinski definition) is 8. The number of rotatable bonds is 6. The van der Waals surface area contributed by atoms with Crippen molar-refractivity contribution >= 4 is 17.8 Å². The Kier molecular flexibility index (Phi) is 5.10. The minimum absolute atomic E-state index is 0.371. The van der Waals surface area contributed by atoms with Crippen molar-refractivity contribution in [1.29, 1.82) is 0 Å². The average molecular weight is 267 g/mol. The zero-order chi connectivity index (χ0) is 13.5. The Morgan fingerprint density at radius 2 is 1.89 bits per heavy atom. The second kappa shape index (κ2) is 7.05. The topological polar surface area (TPSA) is 101 Å². The number of aromatic nitrogens is 3. The lowest BCUT2D eigenvalue weighted by Crippen LogP contribution is -2.32. The molecule has 19 heavy (non-hydrogen) atoms. The second-order valence-electron chi connectivity index (χ2n) is 4.39. The first kappa shape index (κ1) is 13.8. The Morgan fingerprint density at radius 1 is 1.16 bits per heavy atom. The monoisotopic (exact) mass is 267 g/mol. The minimum Gasteiger partial charge on any atom is -0.383 e. The van der Waals surface area contributed by atoms with Gasteiger partial charge >= 0.3 is 0 Å². The standard InChI is InChI=1S/C11H21N7O/c1-19-8-5-13-9-14-10(17-12)16-11(15-9)18-6-3-2-4-7-18/h2-8,12H2,1H3,(H2,13,14,15,16,17). The highest BCUT2D eigenvalue weighted by molar-refractivity contribution is 5.43. The second-order valence-corrected chi connectivity index (χ2v) is 4.39. The summed E-state index contributed by atoms with van der Waals surface area (Å²) in [7, 11) is 1.65. The molecule has 4 N–H and O–H groups in total. The van der Waals surface area contributed by atoms with E-state index in [0.717, 1.165) is 13.1 Å². The van der Waals surface area contributed by atoms with Crippen LogP contribution in [0.15, 0.2) is 0 Å². The summed E-state index contributed by atoms with van der Waals surface area (Å²) in [6, 6.07) is 0. The van der Waals surface area contributed by atoms with Crippen LogP contribution in [0.5, 0.6) is 0 Å². The average Bonchev–Trinajstić information content (AvgIpc) is 2.48. The molecule has 1 saturated heterocycles. The van der Waals surface area contributed by atoms with Crippen molar-refractivity contribution in [1.82, 2.24) is 15.0 Å². The number of nitrogens with one attached hydrogen (secondary N) is 2. The van der Waals surface area contributed by atoms with Gasteiger partial charge in [-0.05, 0) is 19.3 Å². The Bertz CT molecular complexity index is 395. The molecule has 2 rings (SSSR count). The predicted octanol–water partition coefficient (Wildman–Crippen LogP) is 0.206. The molecule has 0 saturated carbocycles. The van der Waals surface area contributed by atoms with Crippen molar-refractivity contribution in [2.45, 2.75) is 19.3 Å². The van der Waals surface area contributed by atoms with E-state index in [1.807, 2.05) is 0 Å². The van der Waals surface area contributed by atoms with Gasteiger partial charge in [-0.15, -0.1) is 0 Å². The molecular weight excluding hydrogens is 246 g/mol. The number of piperidine rings is 1. The molecule has 0 bridgehead atoms. The van der Waals surface area contributed by atoms with E-state index in [0.29, 0.717) is 31.0 Å². The summed E-state index contributed by atoms with van der Waals surface area (Å²) in [5.41, 5.74) is 2.48. The van der Waals surface area contributed by atoms with Gasteiger partial charge in [0.2, 0.25) is 17.8 Å². The predicted molar refractivity (Wildman–Crippen MR) is 74.1 cm³/mol. The SMILES string of the molecule is COCCNc1nc(NN)nc(N2CCCCC2)n1. The molecule has 8 nitrogen and oxygen atoms in total. The van der Waals surface area contributed by atoms with Gasteiger partial charge in [0.1, 0.15) is 0 Å². The summed E-state index contributed by atoms with van der Waals surface area (Å²) in [5, 5.41) is 3.09. The van der Waals surface area contributed by atoms with E-state index in [1.54, 1.807) is 7.11 Å². The fourth-order valence-electron chi connectivity index (χ4n) is 2.01. The summed E-state index contributed by atoms with van der Waals surface area (Å²) in [4.78, 5) is 15.0. The molecular formula is C11H21N7O. The van der Waals surface area contributed by atoms with Crippen molar-refractivity contribution in [3.05, 3.63) is 0 Å². The van der Waals surface area contributed by atoms with Crippen LogP contribution in [0.25, 0.3) is 0 Å². The maximum absolute atomic E-state index is 5.40. The largest absolute Gasteiger partial charge is 0.383 e. The van der Waals surface area contributed by atoms with E-state index in [9.17, 15) is 0 Å². The number of nitrogens with zero attached hydrogens (tertiary/aromatic N) is 4. The number of hydrogen-bond donors (Lipinski definition) is 3. The molecule has 1 aromatic rings. The maximum Gasteiger partial charge on any atom is 0.243 e. The first-order chi connectivity index (χ1) is 9.33. The number of ether oxygens (including phenoxy) is 1. The fraction of sp³-hybridized carbons (Fsp3) is 0.727. The molecule has 0 amide bonds. The van der Waals surface area contributed by atoms with E-state index in [1.165, 1.54) is 19.3 Å². The van der Waals surface area contributed by atoms with Crippen molar-refractivity contribution < 1.29 is 4.74 Å². The van der Waals surface area contributed by atoms with Crippen LogP contribution in [0.4, 0.5) is 17.8 Å². The summed E-state index contributed by atoms with van der Waals surface area (Å²) < 4.78 is 4.98. The molecule has 1 fully saturated rings. The van der Waals surface area contributed by atoms with Crippen LogP contribution in [0.1, 0.15) is 19.3 Å². The van der Waals surface area contributed by atoms with Crippen LogP contribution >= 0.6 is 0 Å². The molecule has 0 aromatic carbocycles. The van der Waals surface area contributed by atoms with E-state index in [-0.39, 0.29) is 0 Å². The maximum atomic E-state index is 5.40. The number of anilines is 3.